The number of morpholine rings is 1. The molecule has 21 heavy (non-hydrogen) atoms. The second-order valence-electron chi connectivity index (χ2n) is 5.40. The van der Waals surface area contributed by atoms with Crippen LogP contribution in [0.25, 0.3) is 0 Å². The van der Waals surface area contributed by atoms with Crippen molar-refractivity contribution in [2.24, 2.45) is 5.92 Å². The molecule has 0 unspecified atom stereocenters. The first-order chi connectivity index (χ1) is 10.2. The summed E-state index contributed by atoms with van der Waals surface area (Å²) in [6, 6.07) is 0. The van der Waals surface area contributed by atoms with Gasteiger partial charge in [-0.15, -0.1) is 0 Å². The van der Waals surface area contributed by atoms with Crippen LogP contribution in [0, 0.1) is 5.92 Å². The van der Waals surface area contributed by atoms with Gasteiger partial charge in [-0.3, -0.25) is 14.3 Å². The first-order valence-corrected chi connectivity index (χ1v) is 7.38. The van der Waals surface area contributed by atoms with Gasteiger partial charge in [-0.2, -0.15) is 5.10 Å². The predicted molar refractivity (Wildman–Crippen MR) is 75.8 cm³/mol. The highest BCUT2D eigenvalue weighted by Gasteiger charge is 2.37. The zero-order valence-electron chi connectivity index (χ0n) is 12.2. The molecule has 0 saturated carbocycles. The smallest absolute Gasteiger partial charge is 0.228 e. The highest BCUT2D eigenvalue weighted by Crippen LogP contribution is 2.26. The summed E-state index contributed by atoms with van der Waals surface area (Å²) in [5.74, 6) is -0.185. The van der Waals surface area contributed by atoms with Crippen LogP contribution in [-0.4, -0.2) is 59.3 Å². The fraction of sp³-hybridized carbons (Fsp3) is 0.643. The van der Waals surface area contributed by atoms with Gasteiger partial charge in [0.05, 0.1) is 31.0 Å². The van der Waals surface area contributed by atoms with Gasteiger partial charge in [0.15, 0.2) is 0 Å². The number of hydrogen-bond donors (Lipinski definition) is 0. The number of anilines is 1. The first-order valence-electron chi connectivity index (χ1n) is 7.38. The Morgan fingerprint density at radius 2 is 2.19 bits per heavy atom. The van der Waals surface area contributed by atoms with E-state index < -0.39 is 0 Å². The van der Waals surface area contributed by atoms with Crippen molar-refractivity contribution in [2.45, 2.75) is 19.9 Å². The van der Waals surface area contributed by atoms with Crippen molar-refractivity contribution >= 4 is 17.5 Å². The van der Waals surface area contributed by atoms with Gasteiger partial charge >= 0.3 is 0 Å². The molecular formula is C14H20N4O3. The molecule has 2 amide bonds. The molecule has 0 spiro atoms. The average Bonchev–Trinajstić information content (AvgIpc) is 3.13. The molecule has 0 radical (unpaired) electrons. The Bertz CT molecular complexity index is 536. The molecule has 0 bridgehead atoms. The maximum Gasteiger partial charge on any atom is 0.228 e. The van der Waals surface area contributed by atoms with E-state index in [9.17, 15) is 9.59 Å². The Labute approximate surface area is 123 Å². The molecule has 7 nitrogen and oxygen atoms in total. The van der Waals surface area contributed by atoms with Crippen LogP contribution in [0.1, 0.15) is 13.3 Å². The SMILES string of the molecule is CCn1cc(N2C[C@@H](C(=O)N3CCOCC3)CC2=O)cn1. The monoisotopic (exact) mass is 292 g/mol. The Kier molecular flexibility index (Phi) is 3.92. The normalized spacial score (nSPS) is 22.9. The molecule has 2 aliphatic rings. The number of carbonyl (C=O) groups is 2. The summed E-state index contributed by atoms with van der Waals surface area (Å²) in [5, 5.41) is 4.18. The quantitative estimate of drug-likeness (QED) is 0.793. The molecule has 3 heterocycles. The summed E-state index contributed by atoms with van der Waals surface area (Å²) in [4.78, 5) is 28.1. The van der Waals surface area contributed by atoms with Crippen molar-refractivity contribution in [3.63, 3.8) is 0 Å². The van der Waals surface area contributed by atoms with Crippen molar-refractivity contribution in [3.8, 4) is 0 Å². The van der Waals surface area contributed by atoms with Gasteiger partial charge in [-0.25, -0.2) is 0 Å². The maximum absolute atomic E-state index is 12.5. The van der Waals surface area contributed by atoms with Gasteiger partial charge in [0.2, 0.25) is 11.8 Å². The van der Waals surface area contributed by atoms with Gasteiger partial charge in [-0.05, 0) is 6.92 Å². The topological polar surface area (TPSA) is 67.7 Å². The highest BCUT2D eigenvalue weighted by molar-refractivity contribution is 6.00. The van der Waals surface area contributed by atoms with Gasteiger partial charge < -0.3 is 14.5 Å². The van der Waals surface area contributed by atoms with Crippen LogP contribution in [0.4, 0.5) is 5.69 Å². The molecule has 1 atom stereocenters. The minimum atomic E-state index is -0.249. The average molecular weight is 292 g/mol. The number of carbonyl (C=O) groups excluding carboxylic acids is 2. The molecule has 2 aliphatic heterocycles. The fourth-order valence-corrected chi connectivity index (χ4v) is 2.83. The largest absolute Gasteiger partial charge is 0.378 e. The summed E-state index contributed by atoms with van der Waals surface area (Å²) >= 11 is 0. The van der Waals surface area contributed by atoms with Crippen molar-refractivity contribution in [3.05, 3.63) is 12.4 Å². The molecule has 0 aromatic carbocycles. The van der Waals surface area contributed by atoms with Gasteiger partial charge in [0, 0.05) is 38.8 Å². The molecule has 114 valence electrons. The molecule has 1 aromatic heterocycles. The third-order valence-electron chi connectivity index (χ3n) is 4.05. The second-order valence-corrected chi connectivity index (χ2v) is 5.40. The van der Waals surface area contributed by atoms with Gasteiger partial charge in [-0.1, -0.05) is 0 Å². The fourth-order valence-electron chi connectivity index (χ4n) is 2.83. The molecular weight excluding hydrogens is 272 g/mol. The Morgan fingerprint density at radius 1 is 1.43 bits per heavy atom. The molecule has 7 heteroatoms. The van der Waals surface area contributed by atoms with E-state index in [1.165, 1.54) is 0 Å². The van der Waals surface area contributed by atoms with E-state index in [-0.39, 0.29) is 24.2 Å². The van der Waals surface area contributed by atoms with E-state index in [1.54, 1.807) is 20.7 Å². The van der Waals surface area contributed by atoms with Gasteiger partial charge in [0.1, 0.15) is 0 Å². The summed E-state index contributed by atoms with van der Waals surface area (Å²) in [5.41, 5.74) is 0.777. The highest BCUT2D eigenvalue weighted by atomic mass is 16.5. The van der Waals surface area contributed by atoms with E-state index in [1.807, 2.05) is 13.1 Å². The lowest BCUT2D eigenvalue weighted by Crippen LogP contribution is -2.44. The summed E-state index contributed by atoms with van der Waals surface area (Å²) in [6.45, 7) is 5.61. The Hall–Kier alpha value is -1.89. The third-order valence-corrected chi connectivity index (χ3v) is 4.05. The van der Waals surface area contributed by atoms with E-state index in [0.717, 1.165) is 12.2 Å². The zero-order valence-corrected chi connectivity index (χ0v) is 12.2. The number of hydrogen-bond acceptors (Lipinski definition) is 4. The lowest BCUT2D eigenvalue weighted by atomic mass is 10.1. The summed E-state index contributed by atoms with van der Waals surface area (Å²) in [6.07, 6.45) is 3.82. The molecule has 1 aromatic rings. The first kappa shape index (κ1) is 14.1. The summed E-state index contributed by atoms with van der Waals surface area (Å²) in [7, 11) is 0. The van der Waals surface area contributed by atoms with Crippen LogP contribution < -0.4 is 4.90 Å². The van der Waals surface area contributed by atoms with Crippen molar-refractivity contribution < 1.29 is 14.3 Å². The number of aryl methyl sites for hydroxylation is 1. The number of rotatable bonds is 3. The van der Waals surface area contributed by atoms with E-state index in [2.05, 4.69) is 5.10 Å². The minimum Gasteiger partial charge on any atom is -0.378 e. The van der Waals surface area contributed by atoms with Crippen molar-refractivity contribution in [1.29, 1.82) is 0 Å². The Morgan fingerprint density at radius 3 is 2.86 bits per heavy atom. The lowest BCUT2D eigenvalue weighted by Gasteiger charge is -2.28. The molecule has 2 saturated heterocycles. The number of ether oxygens (including phenoxy) is 1. The van der Waals surface area contributed by atoms with Gasteiger partial charge in [0.25, 0.3) is 0 Å². The molecule has 3 rings (SSSR count). The van der Waals surface area contributed by atoms with Crippen LogP contribution in [0.3, 0.4) is 0 Å². The van der Waals surface area contributed by atoms with Crippen LogP contribution in [-0.2, 0) is 20.9 Å². The standard InChI is InChI=1S/C14H20N4O3/c1-2-17-10-12(8-15-17)18-9-11(7-13(18)19)14(20)16-3-5-21-6-4-16/h8,10-11H,2-7,9H2,1H3/t11-/m0/s1. The van der Waals surface area contributed by atoms with Crippen molar-refractivity contribution in [1.82, 2.24) is 14.7 Å². The molecule has 0 aliphatic carbocycles. The zero-order chi connectivity index (χ0) is 14.8. The maximum atomic E-state index is 12.5. The van der Waals surface area contributed by atoms with E-state index >= 15 is 0 Å². The Balaban J connectivity index is 1.67. The number of aromatic nitrogens is 2. The number of amides is 2. The minimum absolute atomic E-state index is 0.00253. The molecule has 2 fully saturated rings. The number of nitrogens with zero attached hydrogens (tertiary/aromatic N) is 4. The van der Waals surface area contributed by atoms with Crippen LogP contribution in [0.15, 0.2) is 12.4 Å². The van der Waals surface area contributed by atoms with Crippen LogP contribution in [0.2, 0.25) is 0 Å². The third kappa shape index (κ3) is 2.78. The van der Waals surface area contributed by atoms with E-state index in [4.69, 9.17) is 4.74 Å². The van der Waals surface area contributed by atoms with Crippen LogP contribution >= 0.6 is 0 Å². The van der Waals surface area contributed by atoms with Crippen LogP contribution in [0.5, 0.6) is 0 Å². The molecule has 0 N–H and O–H groups in total. The summed E-state index contributed by atoms with van der Waals surface area (Å²) < 4.78 is 7.03. The van der Waals surface area contributed by atoms with E-state index in [0.29, 0.717) is 32.8 Å². The van der Waals surface area contributed by atoms with Crippen molar-refractivity contribution in [2.75, 3.05) is 37.7 Å². The predicted octanol–water partition coefficient (Wildman–Crippen LogP) is 0.115. The second kappa shape index (κ2) is 5.85. The lowest BCUT2D eigenvalue weighted by molar-refractivity contribution is -0.139.